The number of fused-ring (bicyclic) bond motifs is 1. The van der Waals surface area contributed by atoms with Crippen LogP contribution in [-0.4, -0.2) is 27.9 Å². The Kier molecular flexibility index (Phi) is 6.08. The number of amides is 1. The van der Waals surface area contributed by atoms with E-state index in [2.05, 4.69) is 10.3 Å². The first kappa shape index (κ1) is 18.9. The summed E-state index contributed by atoms with van der Waals surface area (Å²) in [4.78, 5) is 28.9. The Bertz CT molecular complexity index is 951. The lowest BCUT2D eigenvalue weighted by molar-refractivity contribution is -0.116. The van der Waals surface area contributed by atoms with E-state index in [1.165, 1.54) is 0 Å². The van der Waals surface area contributed by atoms with Gasteiger partial charge in [-0.2, -0.15) is 0 Å². The minimum Gasteiger partial charge on any atom is -0.461 e. The Hall–Kier alpha value is -2.86. The van der Waals surface area contributed by atoms with Crippen LogP contribution in [0.25, 0.3) is 5.65 Å². The Balaban J connectivity index is 1.69. The predicted octanol–water partition coefficient (Wildman–Crippen LogP) is 4.13. The summed E-state index contributed by atoms with van der Waals surface area (Å²) in [7, 11) is 0. The van der Waals surface area contributed by atoms with E-state index in [0.29, 0.717) is 29.3 Å². The first-order valence-electron chi connectivity index (χ1n) is 8.77. The van der Waals surface area contributed by atoms with Gasteiger partial charge in [0.05, 0.1) is 6.61 Å². The van der Waals surface area contributed by atoms with Crippen LogP contribution < -0.4 is 5.32 Å². The number of hydrogen-bond donors (Lipinski definition) is 1. The summed E-state index contributed by atoms with van der Waals surface area (Å²) in [6.45, 7) is 1.96. The maximum Gasteiger partial charge on any atom is 0.360 e. The van der Waals surface area contributed by atoms with Gasteiger partial charge in [0.15, 0.2) is 11.5 Å². The molecule has 1 aromatic carbocycles. The first-order chi connectivity index (χ1) is 13.1. The second-order valence-electron chi connectivity index (χ2n) is 5.99. The lowest BCUT2D eigenvalue weighted by Crippen LogP contribution is -2.16. The number of halogens is 1. The predicted molar refractivity (Wildman–Crippen MR) is 104 cm³/mol. The van der Waals surface area contributed by atoms with Gasteiger partial charge in [0.1, 0.15) is 5.65 Å². The fourth-order valence-corrected chi connectivity index (χ4v) is 2.88. The first-order valence-corrected chi connectivity index (χ1v) is 9.14. The summed E-state index contributed by atoms with van der Waals surface area (Å²) in [5, 5.41) is 3.50. The molecule has 1 N–H and O–H groups in total. The molecule has 0 saturated carbocycles. The molecule has 0 spiro atoms. The molecule has 27 heavy (non-hydrogen) atoms. The fraction of sp³-hybridized carbons (Fsp3) is 0.250. The molecule has 7 heteroatoms. The monoisotopic (exact) mass is 385 g/mol. The van der Waals surface area contributed by atoms with E-state index < -0.39 is 5.97 Å². The van der Waals surface area contributed by atoms with Crippen LogP contribution in [0.5, 0.6) is 0 Å². The molecule has 0 aliphatic rings. The third kappa shape index (κ3) is 4.65. The molecule has 0 saturated heterocycles. The van der Waals surface area contributed by atoms with Gasteiger partial charge in [-0.15, -0.1) is 0 Å². The minimum atomic E-state index is -0.558. The van der Waals surface area contributed by atoms with Crippen molar-refractivity contribution in [3.8, 4) is 0 Å². The van der Waals surface area contributed by atoms with Crippen molar-refractivity contribution in [1.29, 1.82) is 0 Å². The van der Waals surface area contributed by atoms with Gasteiger partial charge in [-0.25, -0.2) is 9.78 Å². The number of nitrogens with one attached hydrogen (secondary N) is 1. The number of nitrogens with zero attached hydrogens (tertiary/aromatic N) is 2. The molecule has 0 atom stereocenters. The van der Waals surface area contributed by atoms with Crippen molar-refractivity contribution in [3.05, 3.63) is 64.9 Å². The molecule has 3 aromatic rings. The zero-order valence-electron chi connectivity index (χ0n) is 14.9. The van der Waals surface area contributed by atoms with E-state index >= 15 is 0 Å². The molecule has 3 rings (SSSR count). The molecular weight excluding hydrogens is 366 g/mol. The Labute approximate surface area is 162 Å². The van der Waals surface area contributed by atoms with Crippen LogP contribution in [0.3, 0.4) is 0 Å². The average Bonchev–Trinajstić information content (AvgIpc) is 3.02. The summed E-state index contributed by atoms with van der Waals surface area (Å²) in [6, 6.07) is 12.9. The molecule has 2 aromatic heterocycles. The number of esters is 1. The number of anilines is 1. The molecule has 1 amide bonds. The number of imidazole rings is 1. The number of benzene rings is 1. The summed E-state index contributed by atoms with van der Waals surface area (Å²) < 4.78 is 6.72. The van der Waals surface area contributed by atoms with E-state index in [1.807, 2.05) is 30.3 Å². The fourth-order valence-electron chi connectivity index (χ4n) is 2.76. The summed E-state index contributed by atoms with van der Waals surface area (Å²) in [5.41, 5.74) is 1.79. The van der Waals surface area contributed by atoms with Gasteiger partial charge < -0.3 is 10.1 Å². The second kappa shape index (κ2) is 8.68. The SMILES string of the molecule is CCOC(=O)c1nc2ccccn2c1NC(=O)CCCc1ccc(Cl)cc1. The van der Waals surface area contributed by atoms with Crippen molar-refractivity contribution >= 4 is 34.9 Å². The van der Waals surface area contributed by atoms with E-state index in [0.717, 1.165) is 12.0 Å². The van der Waals surface area contributed by atoms with Crippen LogP contribution >= 0.6 is 11.6 Å². The van der Waals surface area contributed by atoms with E-state index in [4.69, 9.17) is 16.3 Å². The number of pyridine rings is 1. The normalized spacial score (nSPS) is 10.7. The molecule has 0 radical (unpaired) electrons. The van der Waals surface area contributed by atoms with Gasteiger partial charge in [0.25, 0.3) is 0 Å². The zero-order valence-corrected chi connectivity index (χ0v) is 15.7. The second-order valence-corrected chi connectivity index (χ2v) is 6.42. The standard InChI is InChI=1S/C20H20ClN3O3/c1-2-27-20(26)18-19(24-13-4-3-7-16(24)22-18)23-17(25)8-5-6-14-9-11-15(21)12-10-14/h3-4,7,9-13H,2,5-6,8H2,1H3,(H,23,25). The lowest BCUT2D eigenvalue weighted by atomic mass is 10.1. The third-order valence-corrected chi connectivity index (χ3v) is 4.29. The van der Waals surface area contributed by atoms with E-state index in [1.54, 1.807) is 29.7 Å². The highest BCUT2D eigenvalue weighted by molar-refractivity contribution is 6.30. The number of aromatic nitrogens is 2. The van der Waals surface area contributed by atoms with E-state index in [-0.39, 0.29) is 18.2 Å². The van der Waals surface area contributed by atoms with E-state index in [9.17, 15) is 9.59 Å². The van der Waals surface area contributed by atoms with Crippen LogP contribution in [0.4, 0.5) is 5.82 Å². The van der Waals surface area contributed by atoms with Crippen molar-refractivity contribution in [2.45, 2.75) is 26.2 Å². The molecule has 0 bridgehead atoms. The van der Waals surface area contributed by atoms with Gasteiger partial charge >= 0.3 is 5.97 Å². The van der Waals surface area contributed by atoms with Crippen molar-refractivity contribution < 1.29 is 14.3 Å². The number of carbonyl (C=O) groups excluding carboxylic acids is 2. The number of rotatable bonds is 7. The highest BCUT2D eigenvalue weighted by Gasteiger charge is 2.21. The molecule has 6 nitrogen and oxygen atoms in total. The number of aryl methyl sites for hydroxylation is 1. The largest absolute Gasteiger partial charge is 0.461 e. The summed E-state index contributed by atoms with van der Waals surface area (Å²) in [6.07, 6.45) is 3.51. The Morgan fingerprint density at radius 2 is 1.96 bits per heavy atom. The highest BCUT2D eigenvalue weighted by Crippen LogP contribution is 2.20. The van der Waals surface area contributed by atoms with Gasteiger partial charge in [-0.3, -0.25) is 9.20 Å². The van der Waals surface area contributed by atoms with Crippen molar-refractivity contribution in [1.82, 2.24) is 9.38 Å². The molecule has 0 aliphatic carbocycles. The van der Waals surface area contributed by atoms with Crippen LogP contribution in [0.1, 0.15) is 35.8 Å². The van der Waals surface area contributed by atoms with Crippen LogP contribution in [0, 0.1) is 0 Å². The average molecular weight is 386 g/mol. The highest BCUT2D eigenvalue weighted by atomic mass is 35.5. The maximum atomic E-state index is 12.4. The molecule has 0 fully saturated rings. The molecule has 2 heterocycles. The van der Waals surface area contributed by atoms with Crippen molar-refractivity contribution in [2.24, 2.45) is 0 Å². The van der Waals surface area contributed by atoms with Gasteiger partial charge in [0.2, 0.25) is 5.91 Å². The Morgan fingerprint density at radius 3 is 2.70 bits per heavy atom. The lowest BCUT2D eigenvalue weighted by Gasteiger charge is -2.07. The smallest absolute Gasteiger partial charge is 0.360 e. The number of hydrogen-bond acceptors (Lipinski definition) is 4. The molecule has 0 unspecified atom stereocenters. The van der Waals surface area contributed by atoms with Crippen LogP contribution in [0.2, 0.25) is 5.02 Å². The van der Waals surface area contributed by atoms with Crippen LogP contribution in [-0.2, 0) is 16.0 Å². The van der Waals surface area contributed by atoms with Crippen molar-refractivity contribution in [2.75, 3.05) is 11.9 Å². The van der Waals surface area contributed by atoms with Gasteiger partial charge in [-0.05, 0) is 49.6 Å². The van der Waals surface area contributed by atoms with Crippen LogP contribution in [0.15, 0.2) is 48.7 Å². The van der Waals surface area contributed by atoms with Gasteiger partial charge in [-0.1, -0.05) is 29.8 Å². The number of carbonyl (C=O) groups is 2. The van der Waals surface area contributed by atoms with Crippen molar-refractivity contribution in [3.63, 3.8) is 0 Å². The molecule has 140 valence electrons. The summed E-state index contributed by atoms with van der Waals surface area (Å²) >= 11 is 5.88. The Morgan fingerprint density at radius 1 is 1.19 bits per heavy atom. The number of ether oxygens (including phenoxy) is 1. The zero-order chi connectivity index (χ0) is 19.2. The molecule has 0 aliphatic heterocycles. The minimum absolute atomic E-state index is 0.106. The molecular formula is C20H20ClN3O3. The quantitative estimate of drug-likeness (QED) is 0.621. The van der Waals surface area contributed by atoms with Gasteiger partial charge in [0, 0.05) is 17.6 Å². The maximum absolute atomic E-state index is 12.4. The summed E-state index contributed by atoms with van der Waals surface area (Å²) in [5.74, 6) is -0.404. The third-order valence-electron chi connectivity index (χ3n) is 4.04. The topological polar surface area (TPSA) is 72.7 Å².